The number of benzene rings is 2. The van der Waals surface area contributed by atoms with Gasteiger partial charge >= 0.3 is 0 Å². The predicted molar refractivity (Wildman–Crippen MR) is 138 cm³/mol. The van der Waals surface area contributed by atoms with Gasteiger partial charge < -0.3 is 14.8 Å². The number of piperidine rings is 1. The molecule has 0 radical (unpaired) electrons. The molecule has 1 amide bonds. The Hall–Kier alpha value is -2.62. The van der Waals surface area contributed by atoms with Gasteiger partial charge in [-0.1, -0.05) is 23.7 Å². The Morgan fingerprint density at radius 3 is 2.80 bits per heavy atom. The number of likely N-dealkylation sites (N-methyl/N-ethyl adjacent to an activating group) is 1. The van der Waals surface area contributed by atoms with Crippen LogP contribution in [0.2, 0.25) is 5.02 Å². The Bertz CT molecular complexity index is 1400. The van der Waals surface area contributed by atoms with E-state index in [1.807, 2.05) is 44.3 Å². The van der Waals surface area contributed by atoms with Crippen molar-refractivity contribution in [2.45, 2.75) is 38.8 Å². The second-order valence-corrected chi connectivity index (χ2v) is 12.0. The van der Waals surface area contributed by atoms with Gasteiger partial charge in [-0.3, -0.25) is 9.52 Å². The zero-order chi connectivity index (χ0) is 24.9. The van der Waals surface area contributed by atoms with Crippen molar-refractivity contribution in [1.82, 2.24) is 19.8 Å². The minimum atomic E-state index is -3.51. The third kappa shape index (κ3) is 4.52. The number of likely N-dealkylation sites (tertiary alicyclic amines) is 1. The molecule has 8 nitrogen and oxygen atoms in total. The maximum Gasteiger partial charge on any atom is 0.239 e. The number of carbonyl (C=O) groups is 1. The van der Waals surface area contributed by atoms with Gasteiger partial charge in [0, 0.05) is 31.1 Å². The Morgan fingerprint density at radius 2 is 2.06 bits per heavy atom. The lowest BCUT2D eigenvalue weighted by Gasteiger charge is -2.38. The molecule has 3 heterocycles. The van der Waals surface area contributed by atoms with Crippen LogP contribution in [0.3, 0.4) is 0 Å². The molecular formula is C25H30ClN5O3S. The van der Waals surface area contributed by atoms with Crippen molar-refractivity contribution >= 4 is 44.3 Å². The SMILES string of the molecule is CCS(=O)(=O)Nc1cc(C2CN(C)C(=O)C3NCCC32)cc2c1nc(C)n2Cc1cccc(Cl)c1. The summed E-state index contributed by atoms with van der Waals surface area (Å²) in [5.41, 5.74) is 4.00. The average Bonchev–Trinajstić information content (AvgIpc) is 3.42. The van der Waals surface area contributed by atoms with Gasteiger partial charge in [0.2, 0.25) is 15.9 Å². The van der Waals surface area contributed by atoms with Gasteiger partial charge in [-0.25, -0.2) is 13.4 Å². The molecule has 35 heavy (non-hydrogen) atoms. The maximum absolute atomic E-state index is 12.7. The highest BCUT2D eigenvalue weighted by Crippen LogP contribution is 2.40. The van der Waals surface area contributed by atoms with Crippen molar-refractivity contribution in [3.63, 3.8) is 0 Å². The van der Waals surface area contributed by atoms with Crippen LogP contribution in [-0.2, 0) is 21.4 Å². The average molecular weight is 516 g/mol. The molecule has 2 N–H and O–H groups in total. The van der Waals surface area contributed by atoms with Crippen LogP contribution in [0.4, 0.5) is 5.69 Å². The van der Waals surface area contributed by atoms with E-state index in [-0.39, 0.29) is 29.5 Å². The first-order valence-corrected chi connectivity index (χ1v) is 13.9. The Balaban J connectivity index is 1.66. The van der Waals surface area contributed by atoms with E-state index in [1.54, 1.807) is 11.8 Å². The largest absolute Gasteiger partial charge is 0.344 e. The van der Waals surface area contributed by atoms with E-state index >= 15 is 0 Å². The molecule has 0 spiro atoms. The normalized spacial score (nSPS) is 22.6. The molecule has 2 saturated heterocycles. The van der Waals surface area contributed by atoms with Crippen LogP contribution >= 0.6 is 11.6 Å². The molecule has 0 saturated carbocycles. The lowest BCUT2D eigenvalue weighted by molar-refractivity contribution is -0.136. The van der Waals surface area contributed by atoms with E-state index in [9.17, 15) is 13.2 Å². The van der Waals surface area contributed by atoms with E-state index < -0.39 is 10.0 Å². The van der Waals surface area contributed by atoms with Gasteiger partial charge in [0.25, 0.3) is 0 Å². The van der Waals surface area contributed by atoms with Gasteiger partial charge in [0.1, 0.15) is 11.3 Å². The summed E-state index contributed by atoms with van der Waals surface area (Å²) < 4.78 is 30.0. The molecule has 186 valence electrons. The molecular weight excluding hydrogens is 486 g/mol. The summed E-state index contributed by atoms with van der Waals surface area (Å²) in [5, 5.41) is 4.02. The molecule has 3 aromatic rings. The third-order valence-corrected chi connectivity index (χ3v) is 8.80. The van der Waals surface area contributed by atoms with Crippen LogP contribution < -0.4 is 10.0 Å². The first kappa shape index (κ1) is 24.1. The fourth-order valence-corrected chi connectivity index (χ4v) is 6.30. The summed E-state index contributed by atoms with van der Waals surface area (Å²) in [6, 6.07) is 11.5. The first-order valence-electron chi connectivity index (χ1n) is 11.9. The molecule has 2 aliphatic heterocycles. The molecule has 2 fully saturated rings. The fraction of sp³-hybridized carbons (Fsp3) is 0.440. The number of fused-ring (bicyclic) bond motifs is 2. The number of aryl methyl sites for hydroxylation is 1. The zero-order valence-corrected chi connectivity index (χ0v) is 21.7. The van der Waals surface area contributed by atoms with Gasteiger partial charge in [-0.05, 0) is 68.1 Å². The lowest BCUT2D eigenvalue weighted by atomic mass is 9.77. The second-order valence-electron chi connectivity index (χ2n) is 9.53. The molecule has 2 aromatic carbocycles. The smallest absolute Gasteiger partial charge is 0.239 e. The quantitative estimate of drug-likeness (QED) is 0.525. The number of carbonyl (C=O) groups excluding carboxylic acids is 1. The van der Waals surface area contributed by atoms with Crippen molar-refractivity contribution in [3.05, 3.63) is 58.4 Å². The lowest BCUT2D eigenvalue weighted by Crippen LogP contribution is -2.52. The number of nitrogens with one attached hydrogen (secondary N) is 2. The van der Waals surface area contributed by atoms with Crippen molar-refractivity contribution in [2.75, 3.05) is 30.6 Å². The van der Waals surface area contributed by atoms with E-state index in [0.29, 0.717) is 29.3 Å². The second kappa shape index (κ2) is 9.11. The van der Waals surface area contributed by atoms with Crippen LogP contribution in [0.5, 0.6) is 0 Å². The van der Waals surface area contributed by atoms with Crippen LogP contribution in [0, 0.1) is 12.8 Å². The van der Waals surface area contributed by atoms with Crippen LogP contribution in [0.25, 0.3) is 11.0 Å². The summed E-state index contributed by atoms with van der Waals surface area (Å²) >= 11 is 6.22. The summed E-state index contributed by atoms with van der Waals surface area (Å²) in [5.74, 6) is 1.12. The molecule has 5 rings (SSSR count). The minimum Gasteiger partial charge on any atom is -0.344 e. The number of hydrogen-bond acceptors (Lipinski definition) is 5. The zero-order valence-electron chi connectivity index (χ0n) is 20.1. The predicted octanol–water partition coefficient (Wildman–Crippen LogP) is 3.34. The van der Waals surface area contributed by atoms with Crippen LogP contribution in [-0.4, -0.2) is 60.7 Å². The van der Waals surface area contributed by atoms with Crippen LogP contribution in [0.15, 0.2) is 36.4 Å². The highest BCUT2D eigenvalue weighted by Gasteiger charge is 2.44. The number of rotatable bonds is 6. The Kier molecular flexibility index (Phi) is 6.27. The summed E-state index contributed by atoms with van der Waals surface area (Å²) in [6.45, 7) is 5.49. The van der Waals surface area contributed by atoms with Crippen molar-refractivity contribution in [3.8, 4) is 0 Å². The van der Waals surface area contributed by atoms with Gasteiger partial charge in [-0.15, -0.1) is 0 Å². The fourth-order valence-electron chi connectivity index (χ4n) is 5.45. The molecule has 3 atom stereocenters. The third-order valence-electron chi connectivity index (χ3n) is 7.27. The molecule has 0 aliphatic carbocycles. The number of hydrogen-bond donors (Lipinski definition) is 2. The summed E-state index contributed by atoms with van der Waals surface area (Å²) in [4.78, 5) is 19.3. The Labute approximate surface area is 210 Å². The highest BCUT2D eigenvalue weighted by molar-refractivity contribution is 7.92. The number of anilines is 1. The highest BCUT2D eigenvalue weighted by atomic mass is 35.5. The van der Waals surface area contributed by atoms with Crippen molar-refractivity contribution < 1.29 is 13.2 Å². The number of sulfonamides is 1. The number of amides is 1. The minimum absolute atomic E-state index is 0.0315. The van der Waals surface area contributed by atoms with Crippen molar-refractivity contribution in [1.29, 1.82) is 0 Å². The van der Waals surface area contributed by atoms with E-state index in [4.69, 9.17) is 16.6 Å². The molecule has 2 aliphatic rings. The van der Waals surface area contributed by atoms with Gasteiger partial charge in [0.15, 0.2) is 0 Å². The topological polar surface area (TPSA) is 96.3 Å². The van der Waals surface area contributed by atoms with Crippen molar-refractivity contribution in [2.24, 2.45) is 5.92 Å². The number of aromatic nitrogens is 2. The number of nitrogens with zero attached hydrogens (tertiary/aromatic N) is 3. The standard InChI is InChI=1S/C25H30ClN5O3S/c1-4-35(33,34)29-21-11-17(20-14-30(3)25(32)23-19(20)8-9-27-23)12-22-24(21)28-15(2)31(22)13-16-6-5-7-18(26)10-16/h5-7,10-12,19-20,23,27,29H,4,8-9,13-14H2,1-3H3. The van der Waals surface area contributed by atoms with Crippen LogP contribution in [0.1, 0.15) is 36.2 Å². The first-order chi connectivity index (χ1) is 16.7. The monoisotopic (exact) mass is 515 g/mol. The number of halogens is 1. The molecule has 10 heteroatoms. The number of imidazole rings is 1. The molecule has 1 aromatic heterocycles. The molecule has 3 unspecified atom stereocenters. The Morgan fingerprint density at radius 1 is 1.26 bits per heavy atom. The van der Waals surface area contributed by atoms with E-state index in [0.717, 1.165) is 35.4 Å². The van der Waals surface area contributed by atoms with E-state index in [2.05, 4.69) is 20.7 Å². The maximum atomic E-state index is 12.7. The summed E-state index contributed by atoms with van der Waals surface area (Å²) in [6.07, 6.45) is 0.907. The van der Waals surface area contributed by atoms with Gasteiger partial charge in [0.05, 0.1) is 23.0 Å². The van der Waals surface area contributed by atoms with Gasteiger partial charge in [-0.2, -0.15) is 0 Å². The molecule has 0 bridgehead atoms. The summed E-state index contributed by atoms with van der Waals surface area (Å²) in [7, 11) is -1.68. The van der Waals surface area contributed by atoms with E-state index in [1.165, 1.54) is 0 Å².